The van der Waals surface area contributed by atoms with Crippen molar-refractivity contribution in [1.29, 1.82) is 0 Å². The molecule has 0 atom stereocenters. The van der Waals surface area contributed by atoms with Gasteiger partial charge in [0, 0.05) is 0 Å². The number of aryl methyl sites for hydroxylation is 9. The van der Waals surface area contributed by atoms with Crippen molar-refractivity contribution in [3.8, 4) is 33.4 Å². The van der Waals surface area contributed by atoms with Crippen molar-refractivity contribution in [2.75, 3.05) is 0 Å². The topological polar surface area (TPSA) is 0 Å². The predicted octanol–water partition coefficient (Wildman–Crippen LogP) is 10.7. The number of rotatable bonds is 6. The van der Waals surface area contributed by atoms with Crippen LogP contribution >= 0.6 is 11.1 Å². The molecule has 0 aromatic heterocycles. The van der Waals surface area contributed by atoms with Crippen molar-refractivity contribution >= 4 is 34.0 Å². The first-order valence-corrected chi connectivity index (χ1v) is 19.6. The highest BCUT2D eigenvalue weighted by Gasteiger charge is 2.38. The average Bonchev–Trinajstić information content (AvgIpc) is 3.00. The standard InChI is InChI=1S/C45H45ClSi/c1-28-22-31(4)43(32(5)23-28)37-10-16-40(17-11-37)47(46,41-18-12-38(13-19-41)44-33(6)24-29(2)25-34(44)7)42-20-14-39(15-21-42)45-35(8)26-30(3)27-36(45)9/h10-27H,1-9H3. The van der Waals surface area contributed by atoms with Gasteiger partial charge in [-0.1, -0.05) is 126 Å². The molecule has 0 fully saturated rings. The van der Waals surface area contributed by atoms with Gasteiger partial charge in [0.1, 0.15) is 0 Å². The highest BCUT2D eigenvalue weighted by atomic mass is 35.6. The largest absolute Gasteiger partial charge is 0.247 e. The Bertz CT molecular complexity index is 1790. The summed E-state index contributed by atoms with van der Waals surface area (Å²) < 4.78 is 0. The summed E-state index contributed by atoms with van der Waals surface area (Å²) in [6.45, 7) is 19.8. The number of hydrogen-bond donors (Lipinski definition) is 0. The number of hydrogen-bond acceptors (Lipinski definition) is 0. The second-order valence-electron chi connectivity index (χ2n) is 13.7. The van der Waals surface area contributed by atoms with E-state index < -0.39 is 7.38 Å². The molecule has 0 heterocycles. The minimum atomic E-state index is -2.89. The Hall–Kier alpha value is -4.17. The molecule has 0 saturated heterocycles. The second kappa shape index (κ2) is 12.8. The van der Waals surface area contributed by atoms with E-state index >= 15 is 0 Å². The van der Waals surface area contributed by atoms with E-state index in [0.29, 0.717) is 0 Å². The van der Waals surface area contributed by atoms with Gasteiger partial charge in [-0.15, -0.1) is 11.1 Å². The minimum Gasteiger partial charge on any atom is -0.149 e. The van der Waals surface area contributed by atoms with E-state index in [-0.39, 0.29) is 0 Å². The molecule has 0 nitrogen and oxygen atoms in total. The Kier molecular flexibility index (Phi) is 8.91. The quantitative estimate of drug-likeness (QED) is 0.0957. The average molecular weight is 649 g/mol. The number of benzene rings is 6. The number of halogens is 1. The fraction of sp³-hybridized carbons (Fsp3) is 0.200. The third kappa shape index (κ3) is 6.15. The Morgan fingerprint density at radius 3 is 0.702 bits per heavy atom. The van der Waals surface area contributed by atoms with Gasteiger partial charge in [-0.25, -0.2) is 0 Å². The van der Waals surface area contributed by atoms with Crippen LogP contribution < -0.4 is 15.6 Å². The Morgan fingerprint density at radius 1 is 0.319 bits per heavy atom. The van der Waals surface area contributed by atoms with E-state index in [9.17, 15) is 0 Å². The molecule has 2 heteroatoms. The van der Waals surface area contributed by atoms with Crippen molar-refractivity contribution in [2.24, 2.45) is 0 Å². The Balaban J connectivity index is 1.47. The molecule has 0 aliphatic carbocycles. The van der Waals surface area contributed by atoms with Gasteiger partial charge in [-0.2, -0.15) is 0 Å². The monoisotopic (exact) mass is 648 g/mol. The van der Waals surface area contributed by atoms with Crippen LogP contribution in [-0.4, -0.2) is 7.38 Å². The fourth-order valence-corrected chi connectivity index (χ4v) is 12.0. The zero-order valence-corrected chi connectivity index (χ0v) is 31.0. The molecule has 0 N–H and O–H groups in total. The Morgan fingerprint density at radius 2 is 0.511 bits per heavy atom. The van der Waals surface area contributed by atoms with E-state index in [1.54, 1.807) is 0 Å². The summed E-state index contributed by atoms with van der Waals surface area (Å²) in [5, 5.41) is 3.57. The van der Waals surface area contributed by atoms with E-state index in [1.165, 1.54) is 99.0 Å². The summed E-state index contributed by atoms with van der Waals surface area (Å²) in [6.07, 6.45) is 0. The molecule has 0 aliphatic heterocycles. The van der Waals surface area contributed by atoms with E-state index in [0.717, 1.165) is 0 Å². The van der Waals surface area contributed by atoms with E-state index in [4.69, 9.17) is 11.1 Å². The van der Waals surface area contributed by atoms with Crippen LogP contribution in [0.25, 0.3) is 33.4 Å². The lowest BCUT2D eigenvalue weighted by Crippen LogP contribution is -2.62. The first-order valence-electron chi connectivity index (χ1n) is 16.6. The minimum absolute atomic E-state index is 1.19. The fourth-order valence-electron chi connectivity index (χ4n) is 8.01. The van der Waals surface area contributed by atoms with Crippen LogP contribution in [0.1, 0.15) is 50.1 Å². The van der Waals surface area contributed by atoms with Crippen molar-refractivity contribution in [3.63, 3.8) is 0 Å². The molecule has 6 aromatic carbocycles. The third-order valence-corrected chi connectivity index (χ3v) is 15.1. The molecule has 0 spiro atoms. The van der Waals surface area contributed by atoms with Crippen molar-refractivity contribution in [3.05, 3.63) is 159 Å². The molecular formula is C45H45ClSi. The molecule has 0 bridgehead atoms. The van der Waals surface area contributed by atoms with E-state index in [2.05, 4.69) is 172 Å². The van der Waals surface area contributed by atoms with Crippen LogP contribution in [0.4, 0.5) is 0 Å². The maximum Gasteiger partial charge on any atom is 0.247 e. The van der Waals surface area contributed by atoms with Crippen LogP contribution in [0.2, 0.25) is 0 Å². The first-order chi connectivity index (χ1) is 22.4. The molecule has 0 unspecified atom stereocenters. The normalized spacial score (nSPS) is 11.6. The zero-order chi connectivity index (χ0) is 33.6. The summed E-state index contributed by atoms with van der Waals surface area (Å²) in [4.78, 5) is 0. The lowest BCUT2D eigenvalue weighted by atomic mass is 9.94. The third-order valence-electron chi connectivity index (χ3n) is 9.75. The van der Waals surface area contributed by atoms with Crippen molar-refractivity contribution in [1.82, 2.24) is 0 Å². The van der Waals surface area contributed by atoms with Crippen molar-refractivity contribution in [2.45, 2.75) is 62.3 Å². The van der Waals surface area contributed by atoms with Gasteiger partial charge in [-0.05, 0) is 145 Å². The molecule has 0 saturated carbocycles. The van der Waals surface area contributed by atoms with Gasteiger partial charge in [0.15, 0.2) is 0 Å². The first kappa shape index (κ1) is 32.8. The lowest BCUT2D eigenvalue weighted by molar-refractivity contribution is 1.32. The maximum absolute atomic E-state index is 8.10. The SMILES string of the molecule is Cc1cc(C)c(-c2ccc([Si](Cl)(c3ccc(-c4c(C)cc(C)cc4C)cc3)c3ccc(-c4c(C)cc(C)cc4C)cc3)cc2)c(C)c1. The molecule has 6 rings (SSSR count). The smallest absolute Gasteiger partial charge is 0.149 e. The Labute approximate surface area is 287 Å². The summed E-state index contributed by atoms with van der Waals surface area (Å²) in [7, 11) is -2.89. The van der Waals surface area contributed by atoms with Crippen molar-refractivity contribution < 1.29 is 0 Å². The maximum atomic E-state index is 8.10. The zero-order valence-electron chi connectivity index (χ0n) is 29.3. The van der Waals surface area contributed by atoms with Gasteiger partial charge in [-0.3, -0.25) is 0 Å². The molecule has 0 radical (unpaired) electrons. The lowest BCUT2D eigenvalue weighted by Gasteiger charge is -2.27. The predicted molar refractivity (Wildman–Crippen MR) is 209 cm³/mol. The van der Waals surface area contributed by atoms with Gasteiger partial charge >= 0.3 is 0 Å². The highest BCUT2D eigenvalue weighted by molar-refractivity contribution is 7.40. The van der Waals surface area contributed by atoms with Gasteiger partial charge in [0.05, 0.1) is 0 Å². The molecular weight excluding hydrogens is 604 g/mol. The van der Waals surface area contributed by atoms with Gasteiger partial charge < -0.3 is 0 Å². The molecule has 47 heavy (non-hydrogen) atoms. The van der Waals surface area contributed by atoms with Crippen LogP contribution in [0.5, 0.6) is 0 Å². The van der Waals surface area contributed by atoms with E-state index in [1.807, 2.05) is 0 Å². The summed E-state index contributed by atoms with van der Waals surface area (Å²) >= 11 is 8.10. The molecule has 0 amide bonds. The van der Waals surface area contributed by atoms with Crippen LogP contribution in [0.3, 0.4) is 0 Å². The highest BCUT2D eigenvalue weighted by Crippen LogP contribution is 2.31. The van der Waals surface area contributed by atoms with Gasteiger partial charge in [0.2, 0.25) is 7.38 Å². The van der Waals surface area contributed by atoms with Crippen LogP contribution in [0.15, 0.2) is 109 Å². The summed E-state index contributed by atoms with van der Waals surface area (Å²) in [5.74, 6) is 0. The molecule has 0 aliphatic rings. The second-order valence-corrected chi connectivity index (χ2v) is 18.5. The van der Waals surface area contributed by atoms with Crippen LogP contribution in [0, 0.1) is 62.3 Å². The summed E-state index contributed by atoms with van der Waals surface area (Å²) in [5.41, 5.74) is 19.4. The van der Waals surface area contributed by atoms with Crippen LogP contribution in [-0.2, 0) is 0 Å². The molecule has 236 valence electrons. The molecule has 6 aromatic rings. The summed E-state index contributed by atoms with van der Waals surface area (Å²) in [6, 6.07) is 40.9. The van der Waals surface area contributed by atoms with Gasteiger partial charge in [0.25, 0.3) is 0 Å².